The molecule has 0 saturated heterocycles. The maximum Gasteiger partial charge on any atom is 0.329 e. The fourth-order valence-electron chi connectivity index (χ4n) is 0.180. The van der Waals surface area contributed by atoms with Crippen molar-refractivity contribution in [2.75, 3.05) is 6.61 Å². The van der Waals surface area contributed by atoms with Crippen molar-refractivity contribution in [2.24, 2.45) is 0 Å². The van der Waals surface area contributed by atoms with Crippen LogP contribution in [0.15, 0.2) is 11.1 Å². The first kappa shape index (κ1) is 7.46. The minimum atomic E-state index is -1.15. The van der Waals surface area contributed by atoms with Crippen LogP contribution in [0.5, 0.6) is 0 Å². The van der Waals surface area contributed by atoms with Crippen molar-refractivity contribution < 1.29 is 15.0 Å². The largest absolute Gasteiger partial charge is 0.478 e. The Morgan fingerprint density at radius 3 is 2.38 bits per heavy atom. The lowest BCUT2D eigenvalue weighted by Gasteiger charge is -1.84. The monoisotopic (exact) mass is 136 g/mol. The maximum absolute atomic E-state index is 9.70. The summed E-state index contributed by atoms with van der Waals surface area (Å²) in [5, 5.41) is 16.0. The Labute approximate surface area is 51.2 Å². The van der Waals surface area contributed by atoms with E-state index in [1.165, 1.54) is 0 Å². The third kappa shape index (κ3) is 3.64. The number of aliphatic carboxylic acids is 1. The van der Waals surface area contributed by atoms with Gasteiger partial charge in [-0.1, -0.05) is 11.6 Å². The molecule has 0 amide bonds. The number of halogens is 1. The molecule has 0 fully saturated rings. The number of carboxylic acids is 1. The van der Waals surface area contributed by atoms with Crippen molar-refractivity contribution in [3.05, 3.63) is 11.1 Å². The highest BCUT2D eigenvalue weighted by atomic mass is 35.5. The van der Waals surface area contributed by atoms with E-state index in [1.54, 1.807) is 0 Å². The topological polar surface area (TPSA) is 57.5 Å². The maximum atomic E-state index is 9.70. The van der Waals surface area contributed by atoms with Crippen LogP contribution in [-0.4, -0.2) is 22.8 Å². The van der Waals surface area contributed by atoms with E-state index >= 15 is 0 Å². The second-order valence-electron chi connectivity index (χ2n) is 1.09. The molecule has 4 heteroatoms. The standard InChI is InChI=1S/C4H5ClO3/c5-3(2-6)1-4(7)8/h1,6H,2H2,(H,7,8). The molecule has 0 aromatic heterocycles. The van der Waals surface area contributed by atoms with E-state index in [-0.39, 0.29) is 5.03 Å². The van der Waals surface area contributed by atoms with E-state index < -0.39 is 12.6 Å². The van der Waals surface area contributed by atoms with Crippen LogP contribution in [0.25, 0.3) is 0 Å². The number of carboxylic acid groups (broad SMARTS) is 1. The Morgan fingerprint density at radius 2 is 2.25 bits per heavy atom. The van der Waals surface area contributed by atoms with Gasteiger partial charge in [0.15, 0.2) is 0 Å². The van der Waals surface area contributed by atoms with Crippen molar-refractivity contribution in [2.45, 2.75) is 0 Å². The second-order valence-corrected chi connectivity index (χ2v) is 1.57. The van der Waals surface area contributed by atoms with Crippen LogP contribution in [0.1, 0.15) is 0 Å². The lowest BCUT2D eigenvalue weighted by Crippen LogP contribution is -1.90. The SMILES string of the molecule is O=C(O)C=C(Cl)CO. The Morgan fingerprint density at radius 1 is 1.75 bits per heavy atom. The molecule has 0 atom stereocenters. The highest BCUT2D eigenvalue weighted by Gasteiger charge is 1.91. The Hall–Kier alpha value is -0.540. The molecule has 0 aromatic carbocycles. The quantitative estimate of drug-likeness (QED) is 0.533. The van der Waals surface area contributed by atoms with Crippen LogP contribution < -0.4 is 0 Å². The van der Waals surface area contributed by atoms with Crippen molar-refractivity contribution in [3.8, 4) is 0 Å². The molecule has 0 unspecified atom stereocenters. The predicted octanol–water partition coefficient (Wildman–Crippen LogP) is 0.186. The number of rotatable bonds is 2. The minimum absolute atomic E-state index is 0.0718. The number of aliphatic hydroxyl groups excluding tert-OH is 1. The lowest BCUT2D eigenvalue weighted by atomic mass is 10.5. The van der Waals surface area contributed by atoms with E-state index in [0.717, 1.165) is 6.08 Å². The van der Waals surface area contributed by atoms with Crippen LogP contribution in [0.2, 0.25) is 0 Å². The minimum Gasteiger partial charge on any atom is -0.478 e. The summed E-state index contributed by atoms with van der Waals surface area (Å²) in [6.07, 6.45) is 0.738. The normalized spacial score (nSPS) is 11.5. The first-order chi connectivity index (χ1) is 3.66. The third-order valence-corrected chi connectivity index (χ3v) is 0.660. The van der Waals surface area contributed by atoms with Crippen molar-refractivity contribution >= 4 is 17.6 Å². The molecular weight excluding hydrogens is 131 g/mol. The molecule has 0 aliphatic rings. The summed E-state index contributed by atoms with van der Waals surface area (Å²) < 4.78 is 0. The summed E-state index contributed by atoms with van der Waals surface area (Å²) in [7, 11) is 0. The first-order valence-corrected chi connectivity index (χ1v) is 2.24. The van der Waals surface area contributed by atoms with Crippen molar-refractivity contribution in [3.63, 3.8) is 0 Å². The van der Waals surface area contributed by atoms with Crippen molar-refractivity contribution in [1.82, 2.24) is 0 Å². The van der Waals surface area contributed by atoms with Gasteiger partial charge in [0.25, 0.3) is 0 Å². The van der Waals surface area contributed by atoms with Crippen LogP contribution >= 0.6 is 11.6 Å². The van der Waals surface area contributed by atoms with Crippen LogP contribution in [-0.2, 0) is 4.79 Å². The summed E-state index contributed by atoms with van der Waals surface area (Å²) in [5.74, 6) is -1.15. The van der Waals surface area contributed by atoms with Crippen molar-refractivity contribution in [1.29, 1.82) is 0 Å². The van der Waals surface area contributed by atoms with Gasteiger partial charge in [-0.05, 0) is 0 Å². The third-order valence-electron chi connectivity index (χ3n) is 0.431. The molecule has 8 heavy (non-hydrogen) atoms. The van der Waals surface area contributed by atoms with Gasteiger partial charge >= 0.3 is 5.97 Å². The highest BCUT2D eigenvalue weighted by molar-refractivity contribution is 6.30. The molecule has 0 aliphatic carbocycles. The number of carbonyl (C=O) groups is 1. The van der Waals surface area contributed by atoms with E-state index in [9.17, 15) is 4.79 Å². The summed E-state index contributed by atoms with van der Waals surface area (Å²) in [6, 6.07) is 0. The molecule has 3 nitrogen and oxygen atoms in total. The lowest BCUT2D eigenvalue weighted by molar-refractivity contribution is -0.131. The summed E-state index contributed by atoms with van der Waals surface area (Å²) in [5.41, 5.74) is 0. The highest BCUT2D eigenvalue weighted by Crippen LogP contribution is 1.96. The van der Waals surface area contributed by atoms with Crippen LogP contribution in [0.3, 0.4) is 0 Å². The number of hydrogen-bond donors (Lipinski definition) is 2. The average molecular weight is 137 g/mol. The van der Waals surface area contributed by atoms with Crippen LogP contribution in [0.4, 0.5) is 0 Å². The van der Waals surface area contributed by atoms with E-state index in [1.807, 2.05) is 0 Å². The zero-order valence-electron chi connectivity index (χ0n) is 3.97. The zero-order valence-corrected chi connectivity index (χ0v) is 4.72. The van der Waals surface area contributed by atoms with E-state index in [4.69, 9.17) is 21.8 Å². The summed E-state index contributed by atoms with van der Waals surface area (Å²) in [6.45, 7) is -0.423. The fourth-order valence-corrected chi connectivity index (χ4v) is 0.273. The molecule has 0 spiro atoms. The average Bonchev–Trinajstić information content (AvgIpc) is 1.65. The van der Waals surface area contributed by atoms with Gasteiger partial charge in [0.2, 0.25) is 0 Å². The number of aliphatic hydroxyl groups is 1. The molecule has 0 bridgehead atoms. The molecular formula is C4H5ClO3. The Balaban J connectivity index is 3.75. The number of hydrogen-bond acceptors (Lipinski definition) is 2. The molecule has 0 heterocycles. The van der Waals surface area contributed by atoms with Gasteiger partial charge in [-0.3, -0.25) is 0 Å². The Bertz CT molecular complexity index is 118. The van der Waals surface area contributed by atoms with Gasteiger partial charge in [0, 0.05) is 6.08 Å². The summed E-state index contributed by atoms with van der Waals surface area (Å²) in [4.78, 5) is 9.70. The van der Waals surface area contributed by atoms with E-state index in [0.29, 0.717) is 0 Å². The molecule has 0 saturated carbocycles. The van der Waals surface area contributed by atoms with E-state index in [2.05, 4.69) is 0 Å². The predicted molar refractivity (Wildman–Crippen MR) is 28.7 cm³/mol. The fraction of sp³-hybridized carbons (Fsp3) is 0.250. The van der Waals surface area contributed by atoms with Crippen LogP contribution in [0, 0.1) is 0 Å². The van der Waals surface area contributed by atoms with Gasteiger partial charge < -0.3 is 10.2 Å². The first-order valence-electron chi connectivity index (χ1n) is 1.86. The van der Waals surface area contributed by atoms with Gasteiger partial charge in [-0.15, -0.1) is 0 Å². The zero-order chi connectivity index (χ0) is 6.57. The van der Waals surface area contributed by atoms with Gasteiger partial charge in [-0.25, -0.2) is 4.79 Å². The van der Waals surface area contributed by atoms with Gasteiger partial charge in [0.05, 0.1) is 11.6 Å². The summed E-state index contributed by atoms with van der Waals surface area (Å²) >= 11 is 5.09. The molecule has 0 radical (unpaired) electrons. The second kappa shape index (κ2) is 3.46. The molecule has 2 N–H and O–H groups in total. The Kier molecular flexibility index (Phi) is 3.23. The molecule has 0 aliphatic heterocycles. The van der Waals surface area contributed by atoms with Gasteiger partial charge in [0.1, 0.15) is 0 Å². The molecule has 0 rings (SSSR count). The molecule has 46 valence electrons. The molecule has 0 aromatic rings. The van der Waals surface area contributed by atoms with Gasteiger partial charge in [-0.2, -0.15) is 0 Å². The smallest absolute Gasteiger partial charge is 0.329 e.